The first-order valence-electron chi connectivity index (χ1n) is 11.3. The zero-order valence-corrected chi connectivity index (χ0v) is 19.6. The maximum absolute atomic E-state index is 12.9. The summed E-state index contributed by atoms with van der Waals surface area (Å²) in [6.45, 7) is 6.04. The molecular weight excluding hydrogens is 436 g/mol. The van der Waals surface area contributed by atoms with E-state index in [1.807, 2.05) is 38.1 Å². The number of amides is 1. The van der Waals surface area contributed by atoms with Crippen LogP contribution in [0, 0.1) is 16.0 Å². The molecule has 8 nitrogen and oxygen atoms in total. The molecule has 8 heteroatoms. The van der Waals surface area contributed by atoms with Crippen molar-refractivity contribution < 1.29 is 24.4 Å². The number of rotatable bonds is 7. The van der Waals surface area contributed by atoms with Crippen LogP contribution < -0.4 is 0 Å². The summed E-state index contributed by atoms with van der Waals surface area (Å²) in [5.74, 6) is -0.908. The zero-order chi connectivity index (χ0) is 24.8. The SMILES string of the molecule is CC(=O)OCC1CN(C(=O)/C=C/c2cccc([N+](=O)[O-])c2-c2ccccc2C(C)C)CCC1O. The lowest BCUT2D eigenvalue weighted by Gasteiger charge is -2.35. The Morgan fingerprint density at radius 3 is 2.65 bits per heavy atom. The van der Waals surface area contributed by atoms with E-state index in [1.54, 1.807) is 23.1 Å². The number of nitro groups is 1. The van der Waals surface area contributed by atoms with Crippen LogP contribution in [0.5, 0.6) is 0 Å². The monoisotopic (exact) mass is 466 g/mol. The van der Waals surface area contributed by atoms with Crippen LogP contribution in [0.25, 0.3) is 17.2 Å². The number of benzene rings is 2. The van der Waals surface area contributed by atoms with E-state index in [0.29, 0.717) is 24.1 Å². The molecule has 1 amide bonds. The van der Waals surface area contributed by atoms with E-state index in [1.165, 1.54) is 19.1 Å². The number of ether oxygens (including phenoxy) is 1. The first-order valence-corrected chi connectivity index (χ1v) is 11.3. The summed E-state index contributed by atoms with van der Waals surface area (Å²) in [7, 11) is 0. The minimum absolute atomic E-state index is 0.0229. The van der Waals surface area contributed by atoms with Gasteiger partial charge in [-0.25, -0.2) is 0 Å². The van der Waals surface area contributed by atoms with Gasteiger partial charge in [-0.15, -0.1) is 0 Å². The van der Waals surface area contributed by atoms with E-state index < -0.39 is 17.0 Å². The smallest absolute Gasteiger partial charge is 0.302 e. The number of hydrogen-bond acceptors (Lipinski definition) is 6. The van der Waals surface area contributed by atoms with Crippen LogP contribution in [-0.2, 0) is 14.3 Å². The lowest BCUT2D eigenvalue weighted by molar-refractivity contribution is -0.384. The Kier molecular flexibility index (Phi) is 8.17. The van der Waals surface area contributed by atoms with Gasteiger partial charge in [-0.05, 0) is 35.1 Å². The first kappa shape index (κ1) is 25.1. The van der Waals surface area contributed by atoms with Crippen LogP contribution in [0.2, 0.25) is 0 Å². The number of nitro benzene ring substituents is 1. The number of esters is 1. The highest BCUT2D eigenvalue weighted by molar-refractivity contribution is 5.94. The number of likely N-dealkylation sites (tertiary alicyclic amines) is 1. The normalized spacial score (nSPS) is 18.3. The largest absolute Gasteiger partial charge is 0.465 e. The number of hydrogen-bond donors (Lipinski definition) is 1. The third kappa shape index (κ3) is 5.88. The topological polar surface area (TPSA) is 110 Å². The molecule has 2 atom stereocenters. The van der Waals surface area contributed by atoms with Crippen LogP contribution in [0.15, 0.2) is 48.5 Å². The van der Waals surface area contributed by atoms with E-state index in [4.69, 9.17) is 4.74 Å². The second kappa shape index (κ2) is 11.1. The van der Waals surface area contributed by atoms with Gasteiger partial charge in [0.05, 0.1) is 23.2 Å². The molecule has 2 unspecified atom stereocenters. The van der Waals surface area contributed by atoms with Crippen molar-refractivity contribution in [3.8, 4) is 11.1 Å². The molecule has 1 aliphatic heterocycles. The minimum Gasteiger partial charge on any atom is -0.465 e. The summed E-state index contributed by atoms with van der Waals surface area (Å²) in [6, 6.07) is 12.4. The molecule has 34 heavy (non-hydrogen) atoms. The molecule has 0 radical (unpaired) electrons. The molecule has 1 heterocycles. The second-order valence-electron chi connectivity index (χ2n) is 8.78. The van der Waals surface area contributed by atoms with Gasteiger partial charge in [-0.2, -0.15) is 0 Å². The number of carbonyl (C=O) groups excluding carboxylic acids is 2. The molecule has 0 saturated carbocycles. The Balaban J connectivity index is 1.91. The molecule has 1 fully saturated rings. The molecule has 1 aliphatic rings. The lowest BCUT2D eigenvalue weighted by Crippen LogP contribution is -2.47. The van der Waals surface area contributed by atoms with Gasteiger partial charge in [0.15, 0.2) is 0 Å². The van der Waals surface area contributed by atoms with Crippen molar-refractivity contribution in [3.05, 3.63) is 69.8 Å². The van der Waals surface area contributed by atoms with Crippen molar-refractivity contribution in [1.29, 1.82) is 0 Å². The second-order valence-corrected chi connectivity index (χ2v) is 8.78. The first-order chi connectivity index (χ1) is 16.2. The summed E-state index contributed by atoms with van der Waals surface area (Å²) in [5.41, 5.74) is 2.77. The molecule has 2 aromatic rings. The highest BCUT2D eigenvalue weighted by Crippen LogP contribution is 2.38. The molecule has 0 aromatic heterocycles. The molecule has 0 bridgehead atoms. The van der Waals surface area contributed by atoms with Crippen LogP contribution in [0.3, 0.4) is 0 Å². The average molecular weight is 467 g/mol. The quantitative estimate of drug-likeness (QED) is 0.284. The number of aliphatic hydroxyl groups excluding tert-OH is 1. The van der Waals surface area contributed by atoms with Crippen molar-refractivity contribution in [2.24, 2.45) is 5.92 Å². The van der Waals surface area contributed by atoms with Crippen molar-refractivity contribution in [1.82, 2.24) is 4.90 Å². The third-order valence-corrected chi connectivity index (χ3v) is 6.04. The molecule has 0 aliphatic carbocycles. The highest BCUT2D eigenvalue weighted by Gasteiger charge is 2.30. The number of nitrogens with zero attached hydrogens (tertiary/aromatic N) is 2. The summed E-state index contributed by atoms with van der Waals surface area (Å²) in [4.78, 5) is 37.1. The van der Waals surface area contributed by atoms with Crippen molar-refractivity contribution in [2.75, 3.05) is 19.7 Å². The molecule has 2 aromatic carbocycles. The number of piperidine rings is 1. The Bertz CT molecular complexity index is 1090. The van der Waals surface area contributed by atoms with E-state index in [-0.39, 0.29) is 36.6 Å². The standard InChI is InChI=1S/C26H30N2O6/c1-17(2)21-8-4-5-9-22(21)26-19(7-6-10-23(26)28(32)33)11-12-25(31)27-14-13-24(30)20(15-27)16-34-18(3)29/h4-12,17,20,24,30H,13-16H2,1-3H3/b12-11+. The van der Waals surface area contributed by atoms with Crippen LogP contribution in [0.4, 0.5) is 5.69 Å². The molecule has 180 valence electrons. The predicted octanol–water partition coefficient (Wildman–Crippen LogP) is 4.17. The van der Waals surface area contributed by atoms with Gasteiger partial charge in [0, 0.05) is 38.1 Å². The number of aliphatic hydroxyl groups is 1. The van der Waals surface area contributed by atoms with Crippen LogP contribution >= 0.6 is 0 Å². The van der Waals surface area contributed by atoms with Gasteiger partial charge in [0.2, 0.25) is 5.91 Å². The molecule has 1 saturated heterocycles. The van der Waals surface area contributed by atoms with Crippen LogP contribution in [-0.4, -0.2) is 52.6 Å². The average Bonchev–Trinajstić information content (AvgIpc) is 2.81. The van der Waals surface area contributed by atoms with Gasteiger partial charge >= 0.3 is 5.97 Å². The van der Waals surface area contributed by atoms with Gasteiger partial charge in [-0.3, -0.25) is 19.7 Å². The fourth-order valence-corrected chi connectivity index (χ4v) is 4.24. The van der Waals surface area contributed by atoms with Gasteiger partial charge in [0.25, 0.3) is 5.69 Å². The highest BCUT2D eigenvalue weighted by atomic mass is 16.6. The van der Waals surface area contributed by atoms with Gasteiger partial charge in [-0.1, -0.05) is 50.2 Å². The maximum Gasteiger partial charge on any atom is 0.302 e. The van der Waals surface area contributed by atoms with E-state index in [0.717, 1.165) is 11.1 Å². The van der Waals surface area contributed by atoms with Gasteiger partial charge < -0.3 is 14.7 Å². The minimum atomic E-state index is -0.650. The summed E-state index contributed by atoms with van der Waals surface area (Å²) in [6.07, 6.45) is 2.74. The Morgan fingerprint density at radius 2 is 1.97 bits per heavy atom. The lowest BCUT2D eigenvalue weighted by atomic mass is 9.89. The summed E-state index contributed by atoms with van der Waals surface area (Å²) >= 11 is 0. The Hall–Kier alpha value is -3.52. The molecule has 0 spiro atoms. The van der Waals surface area contributed by atoms with E-state index >= 15 is 0 Å². The van der Waals surface area contributed by atoms with E-state index in [2.05, 4.69) is 0 Å². The van der Waals surface area contributed by atoms with Gasteiger partial charge in [0.1, 0.15) is 0 Å². The fourth-order valence-electron chi connectivity index (χ4n) is 4.24. The molecule has 1 N–H and O–H groups in total. The van der Waals surface area contributed by atoms with E-state index in [9.17, 15) is 24.8 Å². The van der Waals surface area contributed by atoms with Crippen molar-refractivity contribution in [3.63, 3.8) is 0 Å². The fraction of sp³-hybridized carbons (Fsp3) is 0.385. The van der Waals surface area contributed by atoms with Crippen molar-refractivity contribution in [2.45, 2.75) is 39.2 Å². The Morgan fingerprint density at radius 1 is 1.24 bits per heavy atom. The third-order valence-electron chi connectivity index (χ3n) is 6.04. The molecular formula is C26H30N2O6. The van der Waals surface area contributed by atoms with Crippen LogP contribution in [0.1, 0.15) is 44.2 Å². The summed E-state index contributed by atoms with van der Waals surface area (Å²) < 4.78 is 5.02. The summed E-state index contributed by atoms with van der Waals surface area (Å²) in [5, 5.41) is 22.0. The molecule has 3 rings (SSSR count). The number of carbonyl (C=O) groups is 2. The maximum atomic E-state index is 12.9. The Labute approximate surface area is 199 Å². The zero-order valence-electron chi connectivity index (χ0n) is 19.6. The van der Waals surface area contributed by atoms with Crippen molar-refractivity contribution >= 4 is 23.6 Å². The predicted molar refractivity (Wildman–Crippen MR) is 129 cm³/mol.